The normalized spacial score (nSPS) is 11.2. The van der Waals surface area contributed by atoms with E-state index in [2.05, 4.69) is 35.1 Å². The van der Waals surface area contributed by atoms with E-state index in [1.54, 1.807) is 52.8 Å². The van der Waals surface area contributed by atoms with Crippen LogP contribution in [0.15, 0.2) is 52.9 Å². The molecule has 0 saturated heterocycles. The molecule has 280 valence electrons. The Hall–Kier alpha value is -5.46. The van der Waals surface area contributed by atoms with Crippen molar-refractivity contribution in [2.75, 3.05) is 14.2 Å². The highest BCUT2D eigenvalue weighted by molar-refractivity contribution is 5.93. The van der Waals surface area contributed by atoms with Crippen LogP contribution in [0.5, 0.6) is 0 Å². The van der Waals surface area contributed by atoms with Gasteiger partial charge in [-0.25, -0.2) is 9.86 Å². The maximum Gasteiger partial charge on any atom is 0.358 e. The summed E-state index contributed by atoms with van der Waals surface area (Å²) in [6.45, 7) is 14.5. The third kappa shape index (κ3) is 15.7. The van der Waals surface area contributed by atoms with Crippen LogP contribution in [0, 0.1) is 34.6 Å². The van der Waals surface area contributed by atoms with Crippen LogP contribution in [-0.2, 0) is 4.84 Å². The Balaban J connectivity index is 0.000000320. The van der Waals surface area contributed by atoms with E-state index in [-0.39, 0.29) is 29.1 Å². The fraction of sp³-hybridized carbons (Fsp3) is 0.455. The van der Waals surface area contributed by atoms with Crippen LogP contribution >= 0.6 is 0 Å². The molecule has 0 bridgehead atoms. The first-order chi connectivity index (χ1) is 24.1. The Morgan fingerprint density at radius 2 is 1.12 bits per heavy atom. The summed E-state index contributed by atoms with van der Waals surface area (Å²) in [7, 11) is 2.91. The zero-order chi connectivity index (χ0) is 38.7. The number of carbonyl (C=O) groups excluding carboxylic acids is 2. The highest BCUT2D eigenvalue weighted by atomic mass is 16.7. The topological polar surface area (TPSA) is 260 Å². The molecule has 18 heteroatoms. The lowest BCUT2D eigenvalue weighted by atomic mass is 10.2. The summed E-state index contributed by atoms with van der Waals surface area (Å²) < 4.78 is 23.6. The number of hydrogen-bond donors (Lipinski definition) is 3. The van der Waals surface area contributed by atoms with Gasteiger partial charge in [0.1, 0.15) is 45.9 Å². The highest BCUT2D eigenvalue weighted by Gasteiger charge is 2.15. The third-order valence-corrected chi connectivity index (χ3v) is 6.33. The van der Waals surface area contributed by atoms with Crippen molar-refractivity contribution in [1.82, 2.24) is 30.8 Å². The van der Waals surface area contributed by atoms with Crippen LogP contribution in [0.3, 0.4) is 0 Å². The molecule has 0 radical (unpaired) electrons. The number of carboxylic acid groups (broad SMARTS) is 1. The lowest BCUT2D eigenvalue weighted by Gasteiger charge is -2.10. The standard InChI is InChI=1S/C7H10N2O3.C7H12N2O.C7H11NO2.C7H9NO2.C5H5NO3/c1-5-4-6(8-12-5)7(10)9(2)11-3;1-3-6(8)7-4-5(2)10-9-7;2*1-3-7(9)6-4-5(2)10-8-6;1-3-2-4(5(7)8)6-9-3/h4H,1-3H3;4,6H,3,8H2,1-2H3;4,7,9H,3H2,1-2H3;4H,3H2,1-2H3;2H,1H3,(H,7,8). The molecule has 0 aliphatic carbocycles. The molecule has 0 aliphatic rings. The Kier molecular flexibility index (Phi) is 19.0. The number of hydrogen-bond acceptors (Lipinski definition) is 16. The summed E-state index contributed by atoms with van der Waals surface area (Å²) in [5.41, 5.74) is 7.79. The first-order valence-electron chi connectivity index (χ1n) is 15.7. The highest BCUT2D eigenvalue weighted by Crippen LogP contribution is 2.15. The monoisotopic (exact) mass is 717 g/mol. The number of aromatic nitrogens is 5. The van der Waals surface area contributed by atoms with Crippen molar-refractivity contribution in [3.05, 3.63) is 87.6 Å². The number of amides is 1. The predicted octanol–water partition coefficient (Wildman–Crippen LogP) is 5.69. The summed E-state index contributed by atoms with van der Waals surface area (Å²) in [5, 5.41) is 36.4. The smallest absolute Gasteiger partial charge is 0.358 e. The van der Waals surface area contributed by atoms with Gasteiger partial charge in [-0.05, 0) is 47.5 Å². The second kappa shape index (κ2) is 22.3. The number of hydroxylamine groups is 2. The van der Waals surface area contributed by atoms with Crippen LogP contribution in [0.1, 0.15) is 124 Å². The van der Waals surface area contributed by atoms with Gasteiger partial charge in [0.15, 0.2) is 17.2 Å². The van der Waals surface area contributed by atoms with Gasteiger partial charge in [0, 0.05) is 43.8 Å². The summed E-state index contributed by atoms with van der Waals surface area (Å²) in [5.74, 6) is 1.98. The second-order valence-electron chi connectivity index (χ2n) is 10.7. The molecule has 0 spiro atoms. The van der Waals surface area contributed by atoms with Gasteiger partial charge in [-0.2, -0.15) is 0 Å². The second-order valence-corrected chi connectivity index (χ2v) is 10.7. The lowest BCUT2D eigenvalue weighted by molar-refractivity contribution is -0.0762. The average Bonchev–Trinajstić information content (AvgIpc) is 3.97. The molecular weight excluding hydrogens is 670 g/mol. The van der Waals surface area contributed by atoms with Gasteiger partial charge < -0.3 is 38.6 Å². The molecule has 2 atom stereocenters. The molecule has 18 nitrogen and oxygen atoms in total. The zero-order valence-corrected chi connectivity index (χ0v) is 30.5. The summed E-state index contributed by atoms with van der Waals surface area (Å²) in [4.78, 5) is 36.9. The number of aliphatic hydroxyl groups is 1. The Bertz CT molecular complexity index is 1710. The van der Waals surface area contributed by atoms with Crippen LogP contribution in [0.4, 0.5) is 0 Å². The van der Waals surface area contributed by atoms with E-state index in [1.807, 2.05) is 26.8 Å². The predicted molar refractivity (Wildman–Crippen MR) is 179 cm³/mol. The fourth-order valence-electron chi connectivity index (χ4n) is 3.38. The van der Waals surface area contributed by atoms with Gasteiger partial charge in [0.2, 0.25) is 0 Å². The van der Waals surface area contributed by atoms with Crippen molar-refractivity contribution in [2.45, 2.75) is 86.8 Å². The van der Waals surface area contributed by atoms with Gasteiger partial charge in [-0.3, -0.25) is 14.4 Å². The zero-order valence-electron chi connectivity index (χ0n) is 30.5. The van der Waals surface area contributed by atoms with Crippen LogP contribution in [0.2, 0.25) is 0 Å². The van der Waals surface area contributed by atoms with E-state index in [0.717, 1.165) is 28.7 Å². The molecule has 5 aromatic rings. The summed E-state index contributed by atoms with van der Waals surface area (Å²) in [6.07, 6.45) is 1.57. The molecule has 0 saturated carbocycles. The first-order valence-corrected chi connectivity index (χ1v) is 15.7. The number of Topliss-reactive ketones (excluding diaryl/α,β-unsaturated/α-hetero) is 1. The molecule has 5 aromatic heterocycles. The summed E-state index contributed by atoms with van der Waals surface area (Å²) >= 11 is 0. The molecule has 0 aromatic carbocycles. The number of nitrogens with two attached hydrogens (primary N) is 1. The molecule has 1 amide bonds. The maximum absolute atomic E-state index is 11.3. The Labute approximate surface area is 294 Å². The molecule has 5 heterocycles. The van der Waals surface area contributed by atoms with E-state index in [4.69, 9.17) is 28.9 Å². The number of carbonyl (C=O) groups is 3. The van der Waals surface area contributed by atoms with Crippen LogP contribution in [0.25, 0.3) is 0 Å². The molecule has 0 fully saturated rings. The van der Waals surface area contributed by atoms with Crippen molar-refractivity contribution in [3.63, 3.8) is 0 Å². The van der Waals surface area contributed by atoms with Crippen LogP contribution < -0.4 is 5.73 Å². The van der Waals surface area contributed by atoms with Crippen molar-refractivity contribution < 1.29 is 52.0 Å². The molecule has 4 N–H and O–H groups in total. The third-order valence-electron chi connectivity index (χ3n) is 6.33. The van der Waals surface area contributed by atoms with E-state index < -0.39 is 12.1 Å². The fourth-order valence-corrected chi connectivity index (χ4v) is 3.38. The van der Waals surface area contributed by atoms with E-state index >= 15 is 0 Å². The van der Waals surface area contributed by atoms with Crippen molar-refractivity contribution in [3.8, 4) is 0 Å². The van der Waals surface area contributed by atoms with Gasteiger partial charge in [0.05, 0.1) is 19.3 Å². The van der Waals surface area contributed by atoms with Gasteiger partial charge in [-0.1, -0.05) is 46.6 Å². The molecule has 51 heavy (non-hydrogen) atoms. The minimum absolute atomic E-state index is 0.0249. The van der Waals surface area contributed by atoms with E-state index in [1.165, 1.54) is 20.2 Å². The number of nitrogens with zero attached hydrogens (tertiary/aromatic N) is 6. The number of ketones is 1. The Morgan fingerprint density at radius 3 is 1.43 bits per heavy atom. The number of aliphatic hydroxyl groups excluding tert-OH is 1. The van der Waals surface area contributed by atoms with E-state index in [0.29, 0.717) is 41.5 Å². The minimum atomic E-state index is -1.06. The van der Waals surface area contributed by atoms with Crippen molar-refractivity contribution >= 4 is 17.7 Å². The largest absolute Gasteiger partial charge is 0.476 e. The number of aryl methyl sites for hydroxylation is 5. The van der Waals surface area contributed by atoms with Crippen molar-refractivity contribution in [2.24, 2.45) is 5.73 Å². The molecule has 2 unspecified atom stereocenters. The van der Waals surface area contributed by atoms with Crippen LogP contribution in [-0.4, -0.2) is 72.9 Å². The summed E-state index contributed by atoms with van der Waals surface area (Å²) in [6, 6.07) is 8.20. The van der Waals surface area contributed by atoms with Crippen molar-refractivity contribution in [1.29, 1.82) is 0 Å². The molecule has 5 rings (SSSR count). The quantitative estimate of drug-likeness (QED) is 0.122. The lowest BCUT2D eigenvalue weighted by Crippen LogP contribution is -2.25. The number of rotatable bonds is 9. The Morgan fingerprint density at radius 1 is 0.706 bits per heavy atom. The minimum Gasteiger partial charge on any atom is -0.476 e. The van der Waals surface area contributed by atoms with Gasteiger partial charge >= 0.3 is 5.97 Å². The average molecular weight is 718 g/mol. The SMILES string of the molecule is CCC(=O)c1cc(C)on1.CCC(N)c1cc(C)on1.CCC(O)c1cc(C)on1.CON(C)C(=O)c1cc(C)on1.Cc1cc(C(=O)O)no1. The van der Waals surface area contributed by atoms with Gasteiger partial charge in [0.25, 0.3) is 5.91 Å². The molecular formula is C33H47N7O11. The molecule has 0 aliphatic heterocycles. The maximum atomic E-state index is 11.3. The first kappa shape index (κ1) is 43.6. The number of aromatic carboxylic acids is 1. The van der Waals surface area contributed by atoms with E-state index in [9.17, 15) is 19.5 Å². The van der Waals surface area contributed by atoms with Gasteiger partial charge in [-0.15, -0.1) is 0 Å². The number of carboxylic acids is 1.